The molecular formula is C23H23FN2O2. The smallest absolute Gasteiger partial charge is 0.251 e. The van der Waals surface area contributed by atoms with Crippen LogP contribution in [0.5, 0.6) is 0 Å². The molecule has 1 N–H and O–H groups in total. The van der Waals surface area contributed by atoms with Gasteiger partial charge in [0.05, 0.1) is 19.3 Å². The maximum absolute atomic E-state index is 13.4. The molecule has 28 heavy (non-hydrogen) atoms. The van der Waals surface area contributed by atoms with E-state index in [0.29, 0.717) is 25.3 Å². The lowest BCUT2D eigenvalue weighted by Gasteiger charge is -2.35. The Balaban J connectivity index is 1.54. The summed E-state index contributed by atoms with van der Waals surface area (Å²) >= 11 is 0. The summed E-state index contributed by atoms with van der Waals surface area (Å²) in [7, 11) is 0. The number of hydrogen-bond acceptors (Lipinski definition) is 3. The first-order chi connectivity index (χ1) is 13.7. The third-order valence-corrected chi connectivity index (χ3v) is 5.23. The lowest BCUT2D eigenvalue weighted by molar-refractivity contribution is 0.0162. The van der Waals surface area contributed by atoms with Gasteiger partial charge in [0.1, 0.15) is 5.82 Å². The molecule has 0 bridgehead atoms. The van der Waals surface area contributed by atoms with Crippen LogP contribution in [0.3, 0.4) is 0 Å². The molecular weight excluding hydrogens is 355 g/mol. The van der Waals surface area contributed by atoms with Crippen LogP contribution in [-0.4, -0.2) is 43.7 Å². The number of fused-ring (bicyclic) bond motifs is 1. The van der Waals surface area contributed by atoms with Gasteiger partial charge >= 0.3 is 0 Å². The topological polar surface area (TPSA) is 41.6 Å². The van der Waals surface area contributed by atoms with Gasteiger partial charge in [-0.25, -0.2) is 4.39 Å². The minimum atomic E-state index is -0.260. The van der Waals surface area contributed by atoms with Crippen molar-refractivity contribution in [1.82, 2.24) is 10.2 Å². The van der Waals surface area contributed by atoms with Crippen molar-refractivity contribution in [3.8, 4) is 0 Å². The van der Waals surface area contributed by atoms with E-state index in [1.54, 1.807) is 12.1 Å². The summed E-state index contributed by atoms with van der Waals surface area (Å²) in [5.74, 6) is -0.360. The predicted molar refractivity (Wildman–Crippen MR) is 108 cm³/mol. The van der Waals surface area contributed by atoms with Crippen molar-refractivity contribution in [3.63, 3.8) is 0 Å². The van der Waals surface area contributed by atoms with Crippen molar-refractivity contribution in [2.24, 2.45) is 0 Å². The normalized spacial score (nSPS) is 16.0. The van der Waals surface area contributed by atoms with E-state index in [0.717, 1.165) is 29.4 Å². The third-order valence-electron chi connectivity index (χ3n) is 5.23. The Labute approximate surface area is 163 Å². The molecule has 1 unspecified atom stereocenters. The van der Waals surface area contributed by atoms with Crippen LogP contribution in [0.15, 0.2) is 66.7 Å². The van der Waals surface area contributed by atoms with Gasteiger partial charge in [0.2, 0.25) is 0 Å². The van der Waals surface area contributed by atoms with Crippen molar-refractivity contribution < 1.29 is 13.9 Å². The molecule has 0 radical (unpaired) electrons. The Morgan fingerprint density at radius 1 is 1.00 bits per heavy atom. The molecule has 1 fully saturated rings. The van der Waals surface area contributed by atoms with Crippen LogP contribution in [0.25, 0.3) is 10.8 Å². The van der Waals surface area contributed by atoms with Crippen LogP contribution in [0.4, 0.5) is 4.39 Å². The molecule has 1 amide bonds. The predicted octanol–water partition coefficient (Wildman–Crippen LogP) is 3.78. The van der Waals surface area contributed by atoms with Crippen molar-refractivity contribution in [3.05, 3.63) is 83.7 Å². The van der Waals surface area contributed by atoms with Gasteiger partial charge in [0, 0.05) is 25.2 Å². The summed E-state index contributed by atoms with van der Waals surface area (Å²) in [5, 5.41) is 5.06. The second-order valence-electron chi connectivity index (χ2n) is 6.95. The molecule has 3 aromatic rings. The zero-order valence-electron chi connectivity index (χ0n) is 15.6. The minimum Gasteiger partial charge on any atom is -0.379 e. The fourth-order valence-electron chi connectivity index (χ4n) is 3.74. The number of nitrogens with one attached hydrogen (secondary N) is 1. The van der Waals surface area contributed by atoms with E-state index in [1.807, 2.05) is 42.5 Å². The van der Waals surface area contributed by atoms with Crippen LogP contribution in [0.1, 0.15) is 22.0 Å². The molecule has 0 saturated carbocycles. The molecule has 1 aliphatic rings. The largest absolute Gasteiger partial charge is 0.379 e. The highest BCUT2D eigenvalue weighted by atomic mass is 19.1. The van der Waals surface area contributed by atoms with Crippen molar-refractivity contribution in [2.75, 3.05) is 32.8 Å². The molecule has 144 valence electrons. The Morgan fingerprint density at radius 2 is 1.71 bits per heavy atom. The Morgan fingerprint density at radius 3 is 2.50 bits per heavy atom. The summed E-state index contributed by atoms with van der Waals surface area (Å²) in [6.07, 6.45) is 0. The van der Waals surface area contributed by atoms with Gasteiger partial charge in [-0.15, -0.1) is 0 Å². The van der Waals surface area contributed by atoms with Gasteiger partial charge in [0.25, 0.3) is 5.91 Å². The molecule has 1 aliphatic heterocycles. The first kappa shape index (κ1) is 18.6. The number of morpholine rings is 1. The van der Waals surface area contributed by atoms with Gasteiger partial charge in [-0.3, -0.25) is 9.69 Å². The van der Waals surface area contributed by atoms with E-state index in [2.05, 4.69) is 10.2 Å². The van der Waals surface area contributed by atoms with Crippen molar-refractivity contribution >= 4 is 16.7 Å². The number of ether oxygens (including phenoxy) is 1. The summed E-state index contributed by atoms with van der Waals surface area (Å²) in [6, 6.07) is 20.1. The molecule has 1 heterocycles. The van der Waals surface area contributed by atoms with Gasteiger partial charge in [-0.05, 0) is 34.5 Å². The van der Waals surface area contributed by atoms with Gasteiger partial charge in [0.15, 0.2) is 0 Å². The quantitative estimate of drug-likeness (QED) is 0.735. The number of amides is 1. The first-order valence-electron chi connectivity index (χ1n) is 9.55. The van der Waals surface area contributed by atoms with E-state index >= 15 is 0 Å². The van der Waals surface area contributed by atoms with Crippen LogP contribution < -0.4 is 5.32 Å². The van der Waals surface area contributed by atoms with Crippen LogP contribution >= 0.6 is 0 Å². The van der Waals surface area contributed by atoms with Crippen LogP contribution in [0.2, 0.25) is 0 Å². The Bertz CT molecular complexity index is 947. The number of hydrogen-bond donors (Lipinski definition) is 1. The minimum absolute atomic E-state index is 0.0246. The van der Waals surface area contributed by atoms with Crippen molar-refractivity contribution in [2.45, 2.75) is 6.04 Å². The second-order valence-corrected chi connectivity index (χ2v) is 6.95. The third kappa shape index (κ3) is 4.06. The zero-order chi connectivity index (χ0) is 19.3. The molecule has 0 aliphatic carbocycles. The van der Waals surface area contributed by atoms with E-state index < -0.39 is 0 Å². The molecule has 0 spiro atoms. The number of carbonyl (C=O) groups excluding carboxylic acids is 1. The maximum Gasteiger partial charge on any atom is 0.251 e. The van der Waals surface area contributed by atoms with Gasteiger partial charge < -0.3 is 10.1 Å². The lowest BCUT2D eigenvalue weighted by Crippen LogP contribution is -2.43. The molecule has 4 rings (SSSR count). The number of carbonyl (C=O) groups is 1. The number of halogens is 1. The second kappa shape index (κ2) is 8.50. The van der Waals surface area contributed by atoms with E-state index in [9.17, 15) is 9.18 Å². The maximum atomic E-state index is 13.4. The number of nitrogens with zero attached hydrogens (tertiary/aromatic N) is 1. The average Bonchev–Trinajstić information content (AvgIpc) is 2.75. The standard InChI is InChI=1S/C23H23FN2O2/c24-19-10-8-18(9-11-19)22(26-12-14-28-15-13-26)16-25-23(27)21-7-3-5-17-4-1-2-6-20(17)21/h1-11,22H,12-16H2,(H,25,27). The van der Waals surface area contributed by atoms with Crippen LogP contribution in [0, 0.1) is 5.82 Å². The Hall–Kier alpha value is -2.76. The van der Waals surface area contributed by atoms with E-state index in [1.165, 1.54) is 12.1 Å². The van der Waals surface area contributed by atoms with Gasteiger partial charge in [-0.1, -0.05) is 48.5 Å². The summed E-state index contributed by atoms with van der Waals surface area (Å²) in [4.78, 5) is 15.2. The summed E-state index contributed by atoms with van der Waals surface area (Å²) in [5.41, 5.74) is 1.65. The summed E-state index contributed by atoms with van der Waals surface area (Å²) < 4.78 is 18.8. The number of rotatable bonds is 5. The van der Waals surface area contributed by atoms with E-state index in [4.69, 9.17) is 4.74 Å². The Kier molecular flexibility index (Phi) is 5.65. The fourth-order valence-corrected chi connectivity index (χ4v) is 3.74. The first-order valence-corrected chi connectivity index (χ1v) is 9.55. The highest BCUT2D eigenvalue weighted by Crippen LogP contribution is 2.23. The molecule has 1 atom stereocenters. The zero-order valence-corrected chi connectivity index (χ0v) is 15.6. The average molecular weight is 378 g/mol. The fraction of sp³-hybridized carbons (Fsp3) is 0.261. The van der Waals surface area contributed by atoms with Gasteiger partial charge in [-0.2, -0.15) is 0 Å². The highest BCUT2D eigenvalue weighted by molar-refractivity contribution is 6.07. The van der Waals surface area contributed by atoms with Crippen LogP contribution in [-0.2, 0) is 4.74 Å². The molecule has 1 saturated heterocycles. The molecule has 0 aromatic heterocycles. The van der Waals surface area contributed by atoms with Crippen molar-refractivity contribution in [1.29, 1.82) is 0 Å². The monoisotopic (exact) mass is 378 g/mol. The lowest BCUT2D eigenvalue weighted by atomic mass is 10.0. The SMILES string of the molecule is O=C(NCC(c1ccc(F)cc1)N1CCOCC1)c1cccc2ccccc12. The molecule has 4 nitrogen and oxygen atoms in total. The molecule has 5 heteroatoms. The highest BCUT2D eigenvalue weighted by Gasteiger charge is 2.23. The molecule has 3 aromatic carbocycles. The van der Waals surface area contributed by atoms with E-state index in [-0.39, 0.29) is 17.8 Å². The number of benzene rings is 3. The summed E-state index contributed by atoms with van der Waals surface area (Å²) in [6.45, 7) is 3.34.